The van der Waals surface area contributed by atoms with E-state index in [0.29, 0.717) is 45.9 Å². The average molecular weight is 565 g/mol. The molecule has 2 bridgehead atoms. The van der Waals surface area contributed by atoms with Crippen LogP contribution in [-0.4, -0.2) is 70.3 Å². The van der Waals surface area contributed by atoms with Crippen LogP contribution in [0.25, 0.3) is 32.9 Å². The van der Waals surface area contributed by atoms with E-state index in [9.17, 15) is 0 Å². The Morgan fingerprint density at radius 1 is 1.02 bits per heavy atom. The number of H-pyrrole nitrogens is 1. The molecule has 4 aliphatic rings. The fraction of sp³-hybridized carbons (Fsp3) is 0.467. The summed E-state index contributed by atoms with van der Waals surface area (Å²) in [6, 6.07) is 7.48. The zero-order valence-corrected chi connectivity index (χ0v) is 22.9. The van der Waals surface area contributed by atoms with Gasteiger partial charge in [-0.15, -0.1) is 0 Å². The van der Waals surface area contributed by atoms with Crippen molar-refractivity contribution in [1.29, 1.82) is 0 Å². The number of nitrogens with one attached hydrogen (secondary N) is 2. The SMILES string of the molecule is Fc1cc2c(N3C[C@H]4CC[C@@H](C3)N4)nc(OCC34CCCN3CCC4)nc2c(F)c1-c1c[nH]c2ccc(Cl)cc12. The zero-order chi connectivity index (χ0) is 27.0. The number of rotatable bonds is 5. The Balaban J connectivity index is 1.26. The molecule has 6 heterocycles. The number of ether oxygens (including phenoxy) is 1. The lowest BCUT2D eigenvalue weighted by molar-refractivity contribution is 0.108. The van der Waals surface area contributed by atoms with E-state index in [1.807, 2.05) is 0 Å². The van der Waals surface area contributed by atoms with Gasteiger partial charge in [0.05, 0.1) is 11.1 Å². The Labute approximate surface area is 235 Å². The highest BCUT2D eigenvalue weighted by atomic mass is 35.5. The molecule has 2 N–H and O–H groups in total. The van der Waals surface area contributed by atoms with Crippen molar-refractivity contribution >= 4 is 39.2 Å². The molecule has 40 heavy (non-hydrogen) atoms. The molecule has 208 valence electrons. The lowest BCUT2D eigenvalue weighted by Gasteiger charge is -2.34. The third-order valence-corrected chi connectivity index (χ3v) is 9.79. The van der Waals surface area contributed by atoms with Crippen LogP contribution in [0.2, 0.25) is 5.02 Å². The van der Waals surface area contributed by atoms with E-state index < -0.39 is 11.6 Å². The summed E-state index contributed by atoms with van der Waals surface area (Å²) in [4.78, 5) is 17.2. The number of benzene rings is 2. The number of hydrogen-bond donors (Lipinski definition) is 2. The van der Waals surface area contributed by atoms with Crippen LogP contribution in [0.5, 0.6) is 6.01 Å². The molecule has 0 unspecified atom stereocenters. The van der Waals surface area contributed by atoms with Crippen LogP contribution in [0.15, 0.2) is 30.5 Å². The quantitative estimate of drug-likeness (QED) is 0.326. The fourth-order valence-electron chi connectivity index (χ4n) is 7.64. The molecule has 0 spiro atoms. The summed E-state index contributed by atoms with van der Waals surface area (Å²) < 4.78 is 38.7. The van der Waals surface area contributed by atoms with Gasteiger partial charge >= 0.3 is 6.01 Å². The van der Waals surface area contributed by atoms with E-state index in [-0.39, 0.29) is 22.6 Å². The van der Waals surface area contributed by atoms with Crippen LogP contribution in [0.3, 0.4) is 0 Å². The molecule has 4 saturated heterocycles. The molecule has 10 heteroatoms. The molecule has 2 aromatic heterocycles. The lowest BCUT2D eigenvalue weighted by atomic mass is 9.95. The Morgan fingerprint density at radius 3 is 2.58 bits per heavy atom. The van der Waals surface area contributed by atoms with E-state index in [0.717, 1.165) is 70.2 Å². The molecule has 4 aliphatic heterocycles. The minimum Gasteiger partial charge on any atom is -0.461 e. The number of fused-ring (bicyclic) bond motifs is 5. The van der Waals surface area contributed by atoms with Gasteiger partial charge in [0.15, 0.2) is 5.82 Å². The van der Waals surface area contributed by atoms with E-state index in [4.69, 9.17) is 21.3 Å². The molecule has 2 aromatic carbocycles. The van der Waals surface area contributed by atoms with E-state index in [1.165, 1.54) is 6.07 Å². The van der Waals surface area contributed by atoms with Crippen molar-refractivity contribution in [3.8, 4) is 17.1 Å². The Hall–Kier alpha value is -3.01. The fourth-order valence-corrected chi connectivity index (χ4v) is 7.81. The normalized spacial score (nSPS) is 23.9. The number of piperazine rings is 1. The van der Waals surface area contributed by atoms with Crippen molar-refractivity contribution in [3.63, 3.8) is 0 Å². The van der Waals surface area contributed by atoms with Gasteiger partial charge in [-0.1, -0.05) is 11.6 Å². The maximum Gasteiger partial charge on any atom is 0.319 e. The third kappa shape index (κ3) is 3.89. The number of nitrogens with zero attached hydrogens (tertiary/aromatic N) is 4. The van der Waals surface area contributed by atoms with Crippen molar-refractivity contribution in [2.75, 3.05) is 37.7 Å². The molecule has 0 aliphatic carbocycles. The van der Waals surface area contributed by atoms with Crippen molar-refractivity contribution in [3.05, 3.63) is 47.1 Å². The van der Waals surface area contributed by atoms with E-state index >= 15 is 8.78 Å². The molecule has 8 rings (SSSR count). The third-order valence-electron chi connectivity index (χ3n) is 9.55. The summed E-state index contributed by atoms with van der Waals surface area (Å²) in [6.07, 6.45) is 8.27. The smallest absolute Gasteiger partial charge is 0.319 e. The number of halogens is 3. The first-order valence-corrected chi connectivity index (χ1v) is 14.7. The maximum absolute atomic E-state index is 16.5. The molecule has 0 radical (unpaired) electrons. The second-order valence-electron chi connectivity index (χ2n) is 11.9. The van der Waals surface area contributed by atoms with Gasteiger partial charge in [0.1, 0.15) is 23.8 Å². The van der Waals surface area contributed by atoms with E-state index in [1.54, 1.807) is 24.4 Å². The van der Waals surface area contributed by atoms with Crippen LogP contribution in [0.1, 0.15) is 38.5 Å². The monoisotopic (exact) mass is 564 g/mol. The van der Waals surface area contributed by atoms with Gasteiger partial charge in [-0.3, -0.25) is 4.90 Å². The molecule has 4 aromatic rings. The lowest BCUT2D eigenvalue weighted by Crippen LogP contribution is -2.51. The summed E-state index contributed by atoms with van der Waals surface area (Å²) in [5.74, 6) is -0.838. The average Bonchev–Trinajstić information content (AvgIpc) is 3.71. The first kappa shape index (κ1) is 24.8. The van der Waals surface area contributed by atoms with Crippen LogP contribution in [0.4, 0.5) is 14.6 Å². The second-order valence-corrected chi connectivity index (χ2v) is 12.4. The highest BCUT2D eigenvalue weighted by molar-refractivity contribution is 6.31. The van der Waals surface area contributed by atoms with Gasteiger partial charge in [0.25, 0.3) is 0 Å². The number of aromatic nitrogens is 3. The summed E-state index contributed by atoms with van der Waals surface area (Å²) >= 11 is 6.24. The predicted octanol–water partition coefficient (Wildman–Crippen LogP) is 5.66. The molecular formula is C30H31ClF2N6O. The number of hydrogen-bond acceptors (Lipinski definition) is 6. The molecule has 2 atom stereocenters. The summed E-state index contributed by atoms with van der Waals surface area (Å²) in [5.41, 5.74) is 1.10. The highest BCUT2D eigenvalue weighted by Gasteiger charge is 2.45. The summed E-state index contributed by atoms with van der Waals surface area (Å²) in [7, 11) is 0. The zero-order valence-electron chi connectivity index (χ0n) is 22.2. The second kappa shape index (κ2) is 9.26. The maximum atomic E-state index is 16.5. The standard InChI is InChI=1S/C30H31ClF2N6O/c31-17-3-6-24-20(11-17)22(13-34-24)25-23(32)12-21-27(26(25)33)36-29(40-16-30-7-1-9-39(30)10-2-8-30)37-28(21)38-14-18-4-5-19(15-38)35-18/h3,6,11-13,18-19,34-35H,1-2,4-5,7-10,14-16H2/t18-,19+. The summed E-state index contributed by atoms with van der Waals surface area (Å²) in [5, 5.41) is 5.14. The first-order valence-electron chi connectivity index (χ1n) is 14.3. The minimum atomic E-state index is -0.719. The number of aromatic amines is 1. The van der Waals surface area contributed by atoms with Crippen molar-refractivity contribution in [2.24, 2.45) is 0 Å². The first-order chi connectivity index (χ1) is 19.5. The topological polar surface area (TPSA) is 69.3 Å². The molecule has 0 saturated carbocycles. The molecule has 7 nitrogen and oxygen atoms in total. The van der Waals surface area contributed by atoms with Gasteiger partial charge < -0.3 is 19.9 Å². The molecular weight excluding hydrogens is 534 g/mol. The van der Waals surface area contributed by atoms with Gasteiger partial charge in [0.2, 0.25) is 0 Å². The number of anilines is 1. The molecule has 0 amide bonds. The van der Waals surface area contributed by atoms with Crippen LogP contribution in [0, 0.1) is 11.6 Å². The van der Waals surface area contributed by atoms with Crippen LogP contribution >= 0.6 is 11.6 Å². The Morgan fingerprint density at radius 2 is 1.80 bits per heavy atom. The van der Waals surface area contributed by atoms with Gasteiger partial charge in [0, 0.05) is 58.2 Å². The van der Waals surface area contributed by atoms with Crippen LogP contribution < -0.4 is 15.0 Å². The highest BCUT2D eigenvalue weighted by Crippen LogP contribution is 2.41. The molecule has 4 fully saturated rings. The van der Waals surface area contributed by atoms with Crippen molar-refractivity contribution in [2.45, 2.75) is 56.1 Å². The Bertz CT molecular complexity index is 1620. The predicted molar refractivity (Wildman–Crippen MR) is 152 cm³/mol. The Kier molecular flexibility index (Phi) is 5.73. The van der Waals surface area contributed by atoms with Crippen LogP contribution in [-0.2, 0) is 0 Å². The minimum absolute atomic E-state index is 0.00242. The van der Waals surface area contributed by atoms with Crippen molar-refractivity contribution in [1.82, 2.24) is 25.2 Å². The van der Waals surface area contributed by atoms with Gasteiger partial charge in [-0.25, -0.2) is 8.78 Å². The van der Waals surface area contributed by atoms with E-state index in [2.05, 4.69) is 25.1 Å². The largest absolute Gasteiger partial charge is 0.461 e. The van der Waals surface area contributed by atoms with Gasteiger partial charge in [-0.05, 0) is 75.9 Å². The van der Waals surface area contributed by atoms with Crippen molar-refractivity contribution < 1.29 is 13.5 Å². The van der Waals surface area contributed by atoms with Gasteiger partial charge in [-0.2, -0.15) is 9.97 Å². The summed E-state index contributed by atoms with van der Waals surface area (Å²) in [6.45, 7) is 4.10.